The number of likely N-dealkylation sites (tertiary alicyclic amines) is 1. The number of pyridine rings is 1. The van der Waals surface area contributed by atoms with Crippen LogP contribution in [0.4, 0.5) is 10.5 Å². The van der Waals surface area contributed by atoms with Crippen molar-refractivity contribution in [2.24, 2.45) is 0 Å². The number of carbonyl (C=O) groups is 1. The summed E-state index contributed by atoms with van der Waals surface area (Å²) in [4.78, 5) is 33.2. The normalized spacial score (nSPS) is 16.5. The van der Waals surface area contributed by atoms with Crippen LogP contribution in [0.3, 0.4) is 0 Å². The molecule has 0 aliphatic carbocycles. The van der Waals surface area contributed by atoms with Gasteiger partial charge in [0.25, 0.3) is 5.56 Å². The number of aryl methyl sites for hydroxylation is 1. The molecule has 4 rings (SSSR count). The van der Waals surface area contributed by atoms with Gasteiger partial charge in [0.05, 0.1) is 12.1 Å². The van der Waals surface area contributed by atoms with Crippen LogP contribution in [0.1, 0.15) is 30.9 Å². The molecule has 1 aliphatic rings. The lowest BCUT2D eigenvalue weighted by molar-refractivity contribution is 0.174. The Morgan fingerprint density at radius 1 is 1.19 bits per heavy atom. The summed E-state index contributed by atoms with van der Waals surface area (Å²) in [6, 6.07) is 17.5. The zero-order valence-electron chi connectivity index (χ0n) is 18.2. The van der Waals surface area contributed by atoms with Crippen LogP contribution in [-0.2, 0) is 6.54 Å². The van der Waals surface area contributed by atoms with Gasteiger partial charge < -0.3 is 15.2 Å². The number of nitrogens with zero attached hydrogens (tertiary/aromatic N) is 2. The van der Waals surface area contributed by atoms with E-state index in [2.05, 4.69) is 22.1 Å². The number of urea groups is 1. The van der Waals surface area contributed by atoms with Gasteiger partial charge in [-0.3, -0.25) is 9.69 Å². The third-order valence-corrected chi connectivity index (χ3v) is 6.17. The summed E-state index contributed by atoms with van der Waals surface area (Å²) in [6.07, 6.45) is 2.21. The average Bonchev–Trinajstić information content (AvgIpc) is 3.22. The molecule has 1 aromatic heterocycles. The van der Waals surface area contributed by atoms with Crippen molar-refractivity contribution in [3.8, 4) is 0 Å². The lowest BCUT2D eigenvalue weighted by atomic mass is 10.1. The van der Waals surface area contributed by atoms with E-state index in [0.29, 0.717) is 18.2 Å². The molecule has 6 nitrogen and oxygen atoms in total. The molecule has 31 heavy (non-hydrogen) atoms. The molecule has 1 unspecified atom stereocenters. The van der Waals surface area contributed by atoms with E-state index in [-0.39, 0.29) is 18.1 Å². The van der Waals surface area contributed by atoms with Gasteiger partial charge in [0.15, 0.2) is 0 Å². The highest BCUT2D eigenvalue weighted by atomic mass is 16.2. The standard InChI is InChI=1S/C25H30N4O2/c1-3-28-14-8-13-22(28)17-29(25(31)26-21-11-5-4-6-12-21)16-20-15-19-10-7-9-18(2)23(19)27-24(20)30/h4-7,9-12,15,22H,3,8,13-14,16-17H2,1-2H3,(H,26,31)(H,27,30). The van der Waals surface area contributed by atoms with Crippen molar-refractivity contribution in [1.82, 2.24) is 14.8 Å². The molecule has 0 radical (unpaired) electrons. The van der Waals surface area contributed by atoms with Crippen molar-refractivity contribution in [3.63, 3.8) is 0 Å². The highest BCUT2D eigenvalue weighted by Crippen LogP contribution is 2.20. The monoisotopic (exact) mass is 418 g/mol. The molecule has 162 valence electrons. The molecule has 2 aromatic carbocycles. The average molecular weight is 419 g/mol. The minimum absolute atomic E-state index is 0.141. The van der Waals surface area contributed by atoms with Gasteiger partial charge >= 0.3 is 6.03 Å². The van der Waals surface area contributed by atoms with Crippen molar-refractivity contribution in [2.75, 3.05) is 25.0 Å². The summed E-state index contributed by atoms with van der Waals surface area (Å²) in [6.45, 7) is 7.03. The van der Waals surface area contributed by atoms with E-state index in [1.807, 2.05) is 61.5 Å². The van der Waals surface area contributed by atoms with Crippen molar-refractivity contribution in [2.45, 2.75) is 39.3 Å². The lowest BCUT2D eigenvalue weighted by Crippen LogP contribution is -2.45. The fourth-order valence-corrected chi connectivity index (χ4v) is 4.47. The van der Waals surface area contributed by atoms with Crippen LogP contribution >= 0.6 is 0 Å². The van der Waals surface area contributed by atoms with E-state index in [4.69, 9.17) is 0 Å². The molecule has 2 amide bonds. The van der Waals surface area contributed by atoms with Crippen LogP contribution in [0.5, 0.6) is 0 Å². The molecule has 2 N–H and O–H groups in total. The first-order valence-electron chi connectivity index (χ1n) is 11.0. The second-order valence-electron chi connectivity index (χ2n) is 8.26. The molecule has 1 fully saturated rings. The summed E-state index contributed by atoms with van der Waals surface area (Å²) >= 11 is 0. The first-order valence-corrected chi connectivity index (χ1v) is 11.0. The number of para-hydroxylation sites is 2. The maximum absolute atomic E-state index is 13.2. The molecule has 0 saturated carbocycles. The van der Waals surface area contributed by atoms with Gasteiger partial charge in [0.1, 0.15) is 0 Å². The first kappa shape index (κ1) is 21.1. The Morgan fingerprint density at radius 2 is 2.00 bits per heavy atom. The molecule has 3 aromatic rings. The number of fused-ring (bicyclic) bond motifs is 1. The number of nitrogens with one attached hydrogen (secondary N) is 2. The van der Waals surface area contributed by atoms with Gasteiger partial charge in [0.2, 0.25) is 0 Å². The molecule has 0 spiro atoms. The molecule has 0 bridgehead atoms. The maximum Gasteiger partial charge on any atom is 0.322 e. The zero-order chi connectivity index (χ0) is 21.8. The zero-order valence-corrected chi connectivity index (χ0v) is 18.2. The summed E-state index contributed by atoms with van der Waals surface area (Å²) in [5, 5.41) is 3.97. The van der Waals surface area contributed by atoms with E-state index < -0.39 is 0 Å². The summed E-state index contributed by atoms with van der Waals surface area (Å²) in [5.74, 6) is 0. The second-order valence-corrected chi connectivity index (χ2v) is 8.26. The van der Waals surface area contributed by atoms with Crippen molar-refractivity contribution in [1.29, 1.82) is 0 Å². The molecule has 1 atom stereocenters. The van der Waals surface area contributed by atoms with Crippen LogP contribution in [-0.4, -0.2) is 46.5 Å². The topological polar surface area (TPSA) is 68.4 Å². The Labute approximate surface area is 182 Å². The summed E-state index contributed by atoms with van der Waals surface area (Å²) in [7, 11) is 0. The van der Waals surface area contributed by atoms with E-state index in [0.717, 1.165) is 48.1 Å². The Hall–Kier alpha value is -3.12. The number of anilines is 1. The SMILES string of the molecule is CCN1CCCC1CN(Cc1cc2cccc(C)c2[nH]c1=O)C(=O)Nc1ccccc1. The van der Waals surface area contributed by atoms with Gasteiger partial charge in [-0.05, 0) is 62.0 Å². The van der Waals surface area contributed by atoms with E-state index in [1.54, 1.807) is 4.90 Å². The number of rotatable bonds is 6. The highest BCUT2D eigenvalue weighted by Gasteiger charge is 2.27. The highest BCUT2D eigenvalue weighted by molar-refractivity contribution is 5.89. The van der Waals surface area contributed by atoms with Crippen molar-refractivity contribution in [3.05, 3.63) is 76.1 Å². The minimum atomic E-state index is -0.183. The number of H-pyrrole nitrogens is 1. The molecule has 2 heterocycles. The smallest absolute Gasteiger partial charge is 0.321 e. The van der Waals surface area contributed by atoms with Gasteiger partial charge in [-0.15, -0.1) is 0 Å². The van der Waals surface area contributed by atoms with E-state index >= 15 is 0 Å². The number of aromatic amines is 1. The third-order valence-electron chi connectivity index (χ3n) is 6.17. The number of hydrogen-bond donors (Lipinski definition) is 2. The second kappa shape index (κ2) is 9.35. The maximum atomic E-state index is 13.2. The molecule has 1 aliphatic heterocycles. The number of carbonyl (C=O) groups excluding carboxylic acids is 1. The predicted molar refractivity (Wildman–Crippen MR) is 125 cm³/mol. The first-order chi connectivity index (χ1) is 15.0. The minimum Gasteiger partial charge on any atom is -0.321 e. The molecular weight excluding hydrogens is 388 g/mol. The van der Waals surface area contributed by atoms with Crippen molar-refractivity contribution >= 4 is 22.6 Å². The van der Waals surface area contributed by atoms with Gasteiger partial charge in [-0.2, -0.15) is 0 Å². The van der Waals surface area contributed by atoms with Crippen molar-refractivity contribution < 1.29 is 4.79 Å². The Bertz CT molecular complexity index is 1110. The number of amides is 2. The Morgan fingerprint density at radius 3 is 2.77 bits per heavy atom. The predicted octanol–water partition coefficient (Wildman–Crippen LogP) is 4.35. The number of likely N-dealkylation sites (N-methyl/N-ethyl adjacent to an activating group) is 1. The van der Waals surface area contributed by atoms with Crippen LogP contribution in [0.25, 0.3) is 10.9 Å². The molecular formula is C25H30N4O2. The van der Waals surface area contributed by atoms with Gasteiger partial charge in [-0.1, -0.05) is 43.3 Å². The number of aromatic nitrogens is 1. The quantitative estimate of drug-likeness (QED) is 0.625. The van der Waals surface area contributed by atoms with Gasteiger partial charge in [0, 0.05) is 23.8 Å². The van der Waals surface area contributed by atoms with Gasteiger partial charge in [-0.25, -0.2) is 4.79 Å². The Kier molecular flexibility index (Phi) is 6.37. The Balaban J connectivity index is 1.62. The number of benzene rings is 2. The van der Waals surface area contributed by atoms with Crippen LogP contribution in [0.15, 0.2) is 59.4 Å². The van der Waals surface area contributed by atoms with E-state index in [1.165, 1.54) is 0 Å². The number of hydrogen-bond acceptors (Lipinski definition) is 3. The largest absolute Gasteiger partial charge is 0.322 e. The fourth-order valence-electron chi connectivity index (χ4n) is 4.47. The van der Waals surface area contributed by atoms with E-state index in [9.17, 15) is 9.59 Å². The lowest BCUT2D eigenvalue weighted by Gasteiger charge is -2.30. The molecule has 1 saturated heterocycles. The summed E-state index contributed by atoms with van der Waals surface area (Å²) in [5.41, 5.74) is 3.09. The summed E-state index contributed by atoms with van der Waals surface area (Å²) < 4.78 is 0. The van der Waals surface area contributed by atoms with Crippen LogP contribution in [0.2, 0.25) is 0 Å². The van der Waals surface area contributed by atoms with Crippen LogP contribution < -0.4 is 10.9 Å². The fraction of sp³-hybridized carbons (Fsp3) is 0.360. The van der Waals surface area contributed by atoms with Crippen LogP contribution in [0, 0.1) is 6.92 Å². The third kappa shape index (κ3) is 4.80. The molecule has 6 heteroatoms.